The SMILES string of the molecule is O=C(CCc1ccc(F)c(F)c1)N1CCCCC1Cn1cccn1. The van der Waals surface area contributed by atoms with Gasteiger partial charge in [-0.3, -0.25) is 9.48 Å². The molecule has 0 saturated carbocycles. The van der Waals surface area contributed by atoms with Crippen molar-refractivity contribution < 1.29 is 13.6 Å². The lowest BCUT2D eigenvalue weighted by molar-refractivity contribution is -0.135. The number of piperidine rings is 1. The molecule has 1 aromatic heterocycles. The van der Waals surface area contributed by atoms with E-state index in [9.17, 15) is 13.6 Å². The Kier molecular flexibility index (Phi) is 5.23. The summed E-state index contributed by atoms with van der Waals surface area (Å²) in [4.78, 5) is 14.5. The standard InChI is InChI=1S/C18H21F2N3O/c19-16-7-5-14(12-17(16)20)6-8-18(24)23-11-2-1-4-15(23)13-22-10-3-9-21-22/h3,5,7,9-10,12,15H,1-2,4,6,8,11,13H2. The van der Waals surface area contributed by atoms with E-state index in [1.807, 2.05) is 21.8 Å². The van der Waals surface area contributed by atoms with Crippen molar-refractivity contribution in [2.24, 2.45) is 0 Å². The van der Waals surface area contributed by atoms with Crippen LogP contribution in [-0.4, -0.2) is 33.2 Å². The number of benzene rings is 1. The van der Waals surface area contributed by atoms with Crippen molar-refractivity contribution >= 4 is 5.91 Å². The smallest absolute Gasteiger partial charge is 0.223 e. The molecule has 0 radical (unpaired) electrons. The third kappa shape index (κ3) is 3.99. The highest BCUT2D eigenvalue weighted by Gasteiger charge is 2.26. The second kappa shape index (κ2) is 7.55. The summed E-state index contributed by atoms with van der Waals surface area (Å²) in [6.07, 6.45) is 7.44. The number of nitrogens with zero attached hydrogens (tertiary/aromatic N) is 3. The van der Waals surface area contributed by atoms with Gasteiger partial charge in [-0.15, -0.1) is 0 Å². The number of amides is 1. The van der Waals surface area contributed by atoms with Crippen molar-refractivity contribution in [3.63, 3.8) is 0 Å². The van der Waals surface area contributed by atoms with Crippen LogP contribution in [0.5, 0.6) is 0 Å². The molecule has 0 N–H and O–H groups in total. The van der Waals surface area contributed by atoms with Gasteiger partial charge in [-0.25, -0.2) is 8.78 Å². The molecule has 1 saturated heterocycles. The molecule has 2 heterocycles. The van der Waals surface area contributed by atoms with Gasteiger partial charge in [0.1, 0.15) is 0 Å². The Balaban J connectivity index is 1.60. The number of carbonyl (C=O) groups excluding carboxylic acids is 1. The zero-order valence-corrected chi connectivity index (χ0v) is 13.5. The lowest BCUT2D eigenvalue weighted by Gasteiger charge is -2.36. The average Bonchev–Trinajstić information content (AvgIpc) is 3.09. The van der Waals surface area contributed by atoms with E-state index < -0.39 is 11.6 Å². The van der Waals surface area contributed by atoms with Crippen molar-refractivity contribution in [1.82, 2.24) is 14.7 Å². The average molecular weight is 333 g/mol. The molecule has 1 fully saturated rings. The topological polar surface area (TPSA) is 38.1 Å². The van der Waals surface area contributed by atoms with Crippen LogP contribution < -0.4 is 0 Å². The third-order valence-corrected chi connectivity index (χ3v) is 4.52. The van der Waals surface area contributed by atoms with E-state index in [0.29, 0.717) is 24.9 Å². The summed E-state index contributed by atoms with van der Waals surface area (Å²) in [6, 6.07) is 5.83. The molecule has 2 aromatic rings. The number of aryl methyl sites for hydroxylation is 1. The molecule has 0 bridgehead atoms. The van der Waals surface area contributed by atoms with Crippen molar-refractivity contribution in [2.45, 2.75) is 44.7 Å². The van der Waals surface area contributed by atoms with E-state index >= 15 is 0 Å². The van der Waals surface area contributed by atoms with Gasteiger partial charge >= 0.3 is 0 Å². The first-order valence-electron chi connectivity index (χ1n) is 8.34. The van der Waals surface area contributed by atoms with Crippen molar-refractivity contribution in [2.75, 3.05) is 6.54 Å². The summed E-state index contributed by atoms with van der Waals surface area (Å²) in [7, 11) is 0. The van der Waals surface area contributed by atoms with Crippen molar-refractivity contribution in [3.05, 3.63) is 53.9 Å². The van der Waals surface area contributed by atoms with Crippen LogP contribution in [0.1, 0.15) is 31.2 Å². The van der Waals surface area contributed by atoms with Gasteiger partial charge in [0.15, 0.2) is 11.6 Å². The summed E-state index contributed by atoms with van der Waals surface area (Å²) >= 11 is 0. The molecule has 6 heteroatoms. The molecule has 1 unspecified atom stereocenters. The third-order valence-electron chi connectivity index (χ3n) is 4.52. The maximum Gasteiger partial charge on any atom is 0.223 e. The minimum absolute atomic E-state index is 0.0663. The van der Waals surface area contributed by atoms with Gasteiger partial charge in [-0.1, -0.05) is 6.07 Å². The molecule has 1 aliphatic heterocycles. The van der Waals surface area contributed by atoms with Crippen LogP contribution >= 0.6 is 0 Å². The van der Waals surface area contributed by atoms with Gasteiger partial charge in [0.2, 0.25) is 5.91 Å². The maximum absolute atomic E-state index is 13.3. The first kappa shape index (κ1) is 16.6. The molecule has 0 aliphatic carbocycles. The van der Waals surface area contributed by atoms with E-state index in [0.717, 1.165) is 31.9 Å². The van der Waals surface area contributed by atoms with E-state index in [1.165, 1.54) is 12.1 Å². The summed E-state index contributed by atoms with van der Waals surface area (Å²) in [5.41, 5.74) is 0.642. The lowest BCUT2D eigenvalue weighted by atomic mass is 10.0. The molecule has 128 valence electrons. The quantitative estimate of drug-likeness (QED) is 0.843. The highest BCUT2D eigenvalue weighted by molar-refractivity contribution is 5.76. The number of rotatable bonds is 5. The Bertz CT molecular complexity index is 688. The number of hydrogen-bond acceptors (Lipinski definition) is 2. The fourth-order valence-corrected chi connectivity index (χ4v) is 3.23. The Morgan fingerprint density at radius 2 is 2.12 bits per heavy atom. The molecule has 1 aliphatic rings. The Labute approximate surface area is 140 Å². The Morgan fingerprint density at radius 1 is 1.25 bits per heavy atom. The zero-order valence-electron chi connectivity index (χ0n) is 13.5. The number of hydrogen-bond donors (Lipinski definition) is 0. The van der Waals surface area contributed by atoms with E-state index in [2.05, 4.69) is 5.10 Å². The van der Waals surface area contributed by atoms with Crippen LogP contribution in [-0.2, 0) is 17.8 Å². The van der Waals surface area contributed by atoms with Crippen LogP contribution in [0, 0.1) is 11.6 Å². The fourth-order valence-electron chi connectivity index (χ4n) is 3.23. The molecular weight excluding hydrogens is 312 g/mol. The molecule has 1 aromatic carbocycles. The number of halogens is 2. The Morgan fingerprint density at radius 3 is 2.88 bits per heavy atom. The van der Waals surface area contributed by atoms with Gasteiger partial charge in [0, 0.05) is 25.4 Å². The van der Waals surface area contributed by atoms with Crippen LogP contribution in [0.4, 0.5) is 8.78 Å². The molecule has 4 nitrogen and oxygen atoms in total. The summed E-state index contributed by atoms with van der Waals surface area (Å²) in [5.74, 6) is -1.66. The van der Waals surface area contributed by atoms with E-state index in [4.69, 9.17) is 0 Å². The molecule has 0 spiro atoms. The largest absolute Gasteiger partial charge is 0.338 e. The highest BCUT2D eigenvalue weighted by atomic mass is 19.2. The van der Waals surface area contributed by atoms with Crippen LogP contribution in [0.25, 0.3) is 0 Å². The van der Waals surface area contributed by atoms with Gasteiger partial charge < -0.3 is 4.90 Å². The van der Waals surface area contributed by atoms with Crippen molar-refractivity contribution in [3.8, 4) is 0 Å². The minimum Gasteiger partial charge on any atom is -0.338 e. The van der Waals surface area contributed by atoms with Crippen LogP contribution in [0.15, 0.2) is 36.7 Å². The van der Waals surface area contributed by atoms with Gasteiger partial charge in [0.05, 0.1) is 12.6 Å². The van der Waals surface area contributed by atoms with Crippen molar-refractivity contribution in [1.29, 1.82) is 0 Å². The van der Waals surface area contributed by atoms with Gasteiger partial charge in [0.25, 0.3) is 0 Å². The molecule has 1 atom stereocenters. The summed E-state index contributed by atoms with van der Waals surface area (Å²) in [5, 5.41) is 4.22. The lowest BCUT2D eigenvalue weighted by Crippen LogP contribution is -2.46. The predicted octanol–water partition coefficient (Wildman–Crippen LogP) is 3.18. The molecule has 3 rings (SSSR count). The number of aromatic nitrogens is 2. The zero-order chi connectivity index (χ0) is 16.9. The monoisotopic (exact) mass is 333 g/mol. The summed E-state index contributed by atoms with van der Waals surface area (Å²) < 4.78 is 28.1. The second-order valence-corrected chi connectivity index (χ2v) is 6.21. The van der Waals surface area contributed by atoms with Crippen LogP contribution in [0.3, 0.4) is 0 Å². The van der Waals surface area contributed by atoms with E-state index in [-0.39, 0.29) is 11.9 Å². The van der Waals surface area contributed by atoms with E-state index in [1.54, 1.807) is 6.20 Å². The fraction of sp³-hybridized carbons (Fsp3) is 0.444. The summed E-state index contributed by atoms with van der Waals surface area (Å²) in [6.45, 7) is 1.45. The number of carbonyl (C=O) groups is 1. The molecular formula is C18H21F2N3O. The second-order valence-electron chi connectivity index (χ2n) is 6.21. The van der Waals surface area contributed by atoms with Crippen LogP contribution in [0.2, 0.25) is 0 Å². The van der Waals surface area contributed by atoms with Gasteiger partial charge in [-0.05, 0) is 49.4 Å². The molecule has 1 amide bonds. The normalized spacial score (nSPS) is 17.9. The molecule has 24 heavy (non-hydrogen) atoms. The first-order valence-corrected chi connectivity index (χ1v) is 8.34. The number of likely N-dealkylation sites (tertiary alicyclic amines) is 1. The Hall–Kier alpha value is -2.24. The van der Waals surface area contributed by atoms with Gasteiger partial charge in [-0.2, -0.15) is 5.10 Å². The predicted molar refractivity (Wildman–Crippen MR) is 86.3 cm³/mol. The maximum atomic E-state index is 13.3. The minimum atomic E-state index is -0.866. The highest BCUT2D eigenvalue weighted by Crippen LogP contribution is 2.20. The first-order chi connectivity index (χ1) is 11.6.